The minimum Gasteiger partial charge on any atom is -0.438 e. The van der Waals surface area contributed by atoms with Crippen LogP contribution in [0.3, 0.4) is 0 Å². The van der Waals surface area contributed by atoms with Crippen LogP contribution in [0.2, 0.25) is 0 Å². The topological polar surface area (TPSA) is 89.7 Å². The highest BCUT2D eigenvalue weighted by Gasteiger charge is 2.22. The molecule has 0 saturated carbocycles. The number of nitrogens with zero attached hydrogens (tertiary/aromatic N) is 5. The molecule has 12 heteroatoms. The van der Waals surface area contributed by atoms with Gasteiger partial charge >= 0.3 is 0 Å². The van der Waals surface area contributed by atoms with E-state index in [1.807, 2.05) is 0 Å². The van der Waals surface area contributed by atoms with Crippen molar-refractivity contribution >= 4 is 32.7 Å². The van der Waals surface area contributed by atoms with Crippen LogP contribution >= 0.6 is 11.3 Å². The quantitative estimate of drug-likeness (QED) is 0.457. The number of benzene rings is 1. The predicted molar refractivity (Wildman–Crippen MR) is 102 cm³/mol. The third-order valence-corrected chi connectivity index (χ3v) is 7.15. The number of ether oxygens (including phenoxy) is 1. The molecule has 3 heterocycles. The third kappa shape index (κ3) is 3.63. The summed E-state index contributed by atoms with van der Waals surface area (Å²) in [5.41, 5.74) is 0.608. The molecule has 4 rings (SSSR count). The maximum absolute atomic E-state index is 13.0. The number of aromatic nitrogens is 4. The van der Waals surface area contributed by atoms with Gasteiger partial charge in [0.15, 0.2) is 5.65 Å². The fourth-order valence-corrected chi connectivity index (χ4v) is 4.86. The number of anilines is 1. The Labute approximate surface area is 168 Å². The minimum atomic E-state index is -3.64. The lowest BCUT2D eigenvalue weighted by molar-refractivity contribution is 0.137. The molecular formula is C17H13F2N5O3S2. The van der Waals surface area contributed by atoms with Crippen molar-refractivity contribution in [3.8, 4) is 11.6 Å². The summed E-state index contributed by atoms with van der Waals surface area (Å²) in [5.74, 6) is -0.165. The van der Waals surface area contributed by atoms with Crippen LogP contribution in [0, 0.1) is 0 Å². The van der Waals surface area contributed by atoms with Gasteiger partial charge in [0, 0.05) is 13.1 Å². The highest BCUT2D eigenvalue weighted by molar-refractivity contribution is 7.94. The highest BCUT2D eigenvalue weighted by Crippen LogP contribution is 2.28. The second-order valence-corrected chi connectivity index (χ2v) is 8.94. The lowest BCUT2D eigenvalue weighted by Crippen LogP contribution is -2.25. The molecule has 0 bridgehead atoms. The molecule has 0 radical (unpaired) electrons. The Bertz CT molecular complexity index is 1240. The zero-order valence-corrected chi connectivity index (χ0v) is 16.4. The first-order valence-corrected chi connectivity index (χ1v) is 10.5. The van der Waals surface area contributed by atoms with Crippen LogP contribution in [0.25, 0.3) is 5.65 Å². The van der Waals surface area contributed by atoms with Gasteiger partial charge in [0.25, 0.3) is 16.4 Å². The van der Waals surface area contributed by atoms with E-state index >= 15 is 0 Å². The van der Waals surface area contributed by atoms with Gasteiger partial charge in [-0.05, 0) is 41.8 Å². The molecule has 0 saturated heterocycles. The standard InChI is InChI=1S/C17H13F2N5O3S2/c1-23(29(25,26)15-3-2-10-28-15)11-4-6-12(7-5-11)27-14-9-8-13-20-21-17(16(18)19)24(13)22-14/h2-10,16H,1H3. The summed E-state index contributed by atoms with van der Waals surface area (Å²) in [6.45, 7) is 0. The van der Waals surface area contributed by atoms with Gasteiger partial charge in [0.1, 0.15) is 9.96 Å². The van der Waals surface area contributed by atoms with E-state index in [2.05, 4.69) is 15.3 Å². The largest absolute Gasteiger partial charge is 0.438 e. The van der Waals surface area contributed by atoms with Gasteiger partial charge in [-0.1, -0.05) is 6.07 Å². The zero-order chi connectivity index (χ0) is 20.6. The van der Waals surface area contributed by atoms with Crippen molar-refractivity contribution in [1.82, 2.24) is 19.8 Å². The number of hydrogen-bond donors (Lipinski definition) is 0. The average Bonchev–Trinajstić information content (AvgIpc) is 3.38. The molecular weight excluding hydrogens is 424 g/mol. The molecule has 150 valence electrons. The fourth-order valence-electron chi connectivity index (χ4n) is 2.51. The molecule has 29 heavy (non-hydrogen) atoms. The normalized spacial score (nSPS) is 11.9. The van der Waals surface area contributed by atoms with Crippen molar-refractivity contribution in [2.45, 2.75) is 10.6 Å². The zero-order valence-electron chi connectivity index (χ0n) is 14.8. The van der Waals surface area contributed by atoms with Gasteiger partial charge in [0.2, 0.25) is 11.7 Å². The van der Waals surface area contributed by atoms with Gasteiger partial charge in [-0.3, -0.25) is 4.31 Å². The maximum Gasteiger partial charge on any atom is 0.299 e. The Morgan fingerprint density at radius 3 is 2.52 bits per heavy atom. The summed E-state index contributed by atoms with van der Waals surface area (Å²) >= 11 is 1.13. The average molecular weight is 437 g/mol. The van der Waals surface area contributed by atoms with E-state index in [1.165, 1.54) is 29.6 Å². The number of fused-ring (bicyclic) bond motifs is 1. The maximum atomic E-state index is 13.0. The number of alkyl halides is 2. The summed E-state index contributed by atoms with van der Waals surface area (Å²) in [5, 5.41) is 12.7. The number of sulfonamides is 1. The smallest absolute Gasteiger partial charge is 0.299 e. The lowest BCUT2D eigenvalue weighted by Gasteiger charge is -2.18. The van der Waals surface area contributed by atoms with Gasteiger partial charge in [-0.15, -0.1) is 26.6 Å². The molecule has 0 N–H and O–H groups in total. The number of rotatable bonds is 6. The molecule has 8 nitrogen and oxygen atoms in total. The van der Waals surface area contributed by atoms with Gasteiger partial charge < -0.3 is 4.74 Å². The molecule has 0 fully saturated rings. The van der Waals surface area contributed by atoms with Crippen LogP contribution < -0.4 is 9.04 Å². The van der Waals surface area contributed by atoms with Crippen LogP contribution in [-0.2, 0) is 10.0 Å². The summed E-state index contributed by atoms with van der Waals surface area (Å²) in [6.07, 6.45) is -2.83. The summed E-state index contributed by atoms with van der Waals surface area (Å²) < 4.78 is 59.0. The van der Waals surface area contributed by atoms with Gasteiger partial charge in [-0.25, -0.2) is 17.2 Å². The molecule has 4 aromatic rings. The highest BCUT2D eigenvalue weighted by atomic mass is 32.2. The molecule has 0 aliphatic carbocycles. The van der Waals surface area contributed by atoms with E-state index in [4.69, 9.17) is 4.74 Å². The monoisotopic (exact) mass is 437 g/mol. The SMILES string of the molecule is CN(c1ccc(Oc2ccc3nnc(C(F)F)n3n2)cc1)S(=O)(=O)c1cccs1. The molecule has 0 spiro atoms. The Morgan fingerprint density at radius 2 is 1.86 bits per heavy atom. The van der Waals surface area contributed by atoms with Crippen molar-refractivity contribution in [2.24, 2.45) is 0 Å². The molecule has 0 unspecified atom stereocenters. The predicted octanol–water partition coefficient (Wildman–Crippen LogP) is 3.74. The first-order chi connectivity index (χ1) is 13.9. The molecule has 1 aromatic carbocycles. The van der Waals surface area contributed by atoms with E-state index in [1.54, 1.807) is 35.7 Å². The Morgan fingerprint density at radius 1 is 1.10 bits per heavy atom. The Hall–Kier alpha value is -3.12. The van der Waals surface area contributed by atoms with Crippen LogP contribution in [0.15, 0.2) is 58.1 Å². The second kappa shape index (κ2) is 7.37. The number of hydrogen-bond acceptors (Lipinski definition) is 7. The summed E-state index contributed by atoms with van der Waals surface area (Å²) in [7, 11) is -2.18. The molecule has 0 amide bonds. The van der Waals surface area contributed by atoms with Crippen molar-refractivity contribution in [3.05, 3.63) is 59.7 Å². The van der Waals surface area contributed by atoms with Gasteiger partial charge in [0.05, 0.1) is 5.69 Å². The summed E-state index contributed by atoms with van der Waals surface area (Å²) in [6, 6.07) is 12.4. The first-order valence-electron chi connectivity index (χ1n) is 8.17. The van der Waals surface area contributed by atoms with Crippen LogP contribution in [0.5, 0.6) is 11.6 Å². The van der Waals surface area contributed by atoms with Crippen LogP contribution in [-0.4, -0.2) is 35.3 Å². The Balaban J connectivity index is 1.56. The molecule has 0 aliphatic rings. The van der Waals surface area contributed by atoms with Crippen LogP contribution in [0.4, 0.5) is 14.5 Å². The van der Waals surface area contributed by atoms with E-state index in [0.717, 1.165) is 15.9 Å². The second-order valence-electron chi connectivity index (χ2n) is 5.80. The molecule has 0 aliphatic heterocycles. The van der Waals surface area contributed by atoms with Crippen molar-refractivity contribution in [2.75, 3.05) is 11.4 Å². The van der Waals surface area contributed by atoms with Crippen LogP contribution in [0.1, 0.15) is 12.2 Å². The summed E-state index contributed by atoms with van der Waals surface area (Å²) in [4.78, 5) is 0. The van der Waals surface area contributed by atoms with E-state index < -0.39 is 22.3 Å². The number of thiophene rings is 1. The van der Waals surface area contributed by atoms with Gasteiger partial charge in [-0.2, -0.15) is 4.52 Å². The van der Waals surface area contributed by atoms with E-state index in [9.17, 15) is 17.2 Å². The van der Waals surface area contributed by atoms with Crippen molar-refractivity contribution in [3.63, 3.8) is 0 Å². The minimum absolute atomic E-state index is 0.0616. The Kier molecular flexibility index (Phi) is 4.88. The third-order valence-electron chi connectivity index (χ3n) is 3.99. The van der Waals surface area contributed by atoms with Crippen molar-refractivity contribution in [1.29, 1.82) is 0 Å². The number of halogens is 2. The van der Waals surface area contributed by atoms with E-state index in [-0.39, 0.29) is 15.7 Å². The fraction of sp³-hybridized carbons (Fsp3) is 0.118. The molecule has 0 atom stereocenters. The first kappa shape index (κ1) is 19.2. The van der Waals surface area contributed by atoms with Crippen molar-refractivity contribution < 1.29 is 21.9 Å². The van der Waals surface area contributed by atoms with E-state index in [0.29, 0.717) is 11.4 Å². The molecule has 3 aromatic heterocycles. The lowest BCUT2D eigenvalue weighted by atomic mass is 10.3.